The van der Waals surface area contributed by atoms with Crippen molar-refractivity contribution in [3.8, 4) is 0 Å². The van der Waals surface area contributed by atoms with Gasteiger partial charge in [-0.1, -0.05) is 101 Å². The lowest BCUT2D eigenvalue weighted by atomic mass is 9.94. The van der Waals surface area contributed by atoms with E-state index in [4.69, 9.17) is 9.53 Å². The molecule has 0 aliphatic carbocycles. The lowest BCUT2D eigenvalue weighted by molar-refractivity contribution is -0.131. The summed E-state index contributed by atoms with van der Waals surface area (Å²) in [6.07, 6.45) is 1.93. The first kappa shape index (κ1) is 24.1. The average molecular weight is 427 g/mol. The molecule has 0 saturated carbocycles. The highest BCUT2D eigenvalue weighted by molar-refractivity contribution is 6.99. The third-order valence-electron chi connectivity index (χ3n) is 5.64. The van der Waals surface area contributed by atoms with E-state index in [0.717, 1.165) is 6.08 Å². The molecule has 4 nitrogen and oxygen atoms in total. The third-order valence-corrected chi connectivity index (χ3v) is 10.6. The molecule has 0 fully saturated rings. The fourth-order valence-corrected chi connectivity index (χ4v) is 8.65. The van der Waals surface area contributed by atoms with Crippen LogP contribution in [0, 0.1) is 11.8 Å². The van der Waals surface area contributed by atoms with E-state index in [1.165, 1.54) is 16.4 Å². The van der Waals surface area contributed by atoms with Crippen LogP contribution in [0.5, 0.6) is 0 Å². The number of aliphatic hydroxyl groups excluding tert-OH is 1. The predicted molar refractivity (Wildman–Crippen MR) is 125 cm³/mol. The van der Waals surface area contributed by atoms with Gasteiger partial charge in [-0.05, 0) is 15.4 Å². The Morgan fingerprint density at radius 3 is 1.87 bits per heavy atom. The van der Waals surface area contributed by atoms with Gasteiger partial charge in [0.25, 0.3) is 8.32 Å². The van der Waals surface area contributed by atoms with Gasteiger partial charge in [-0.2, -0.15) is 0 Å². The topological polar surface area (TPSA) is 66.8 Å². The molecule has 0 amide bonds. The smallest absolute Gasteiger partial charge is 0.327 e. The summed E-state index contributed by atoms with van der Waals surface area (Å²) in [4.78, 5) is 10.8. The van der Waals surface area contributed by atoms with Crippen molar-refractivity contribution in [2.45, 2.75) is 45.8 Å². The number of carboxylic acids is 1. The van der Waals surface area contributed by atoms with E-state index in [1.807, 2.05) is 50.2 Å². The molecule has 0 radical (unpaired) electrons. The number of hydrogen-bond acceptors (Lipinski definition) is 3. The van der Waals surface area contributed by atoms with Gasteiger partial charge in [-0.15, -0.1) is 0 Å². The van der Waals surface area contributed by atoms with Gasteiger partial charge in [-0.3, -0.25) is 0 Å². The summed E-state index contributed by atoms with van der Waals surface area (Å²) in [7, 11) is -2.65. The molecule has 2 rings (SSSR count). The first-order chi connectivity index (χ1) is 14.1. The van der Waals surface area contributed by atoms with E-state index < -0.39 is 20.4 Å². The fourth-order valence-electron chi connectivity index (χ4n) is 3.98. The van der Waals surface area contributed by atoms with Crippen LogP contribution >= 0.6 is 0 Å². The second-order valence-electron chi connectivity index (χ2n) is 9.00. The molecule has 5 heteroatoms. The summed E-state index contributed by atoms with van der Waals surface area (Å²) in [5, 5.41) is 21.8. The van der Waals surface area contributed by atoms with Crippen LogP contribution in [-0.2, 0) is 9.22 Å². The largest absolute Gasteiger partial charge is 0.478 e. The molecule has 2 aromatic rings. The monoisotopic (exact) mass is 426 g/mol. The second-order valence-corrected chi connectivity index (χ2v) is 13.3. The lowest BCUT2D eigenvalue weighted by Crippen LogP contribution is -2.67. The van der Waals surface area contributed by atoms with Crippen molar-refractivity contribution < 1.29 is 19.4 Å². The Bertz CT molecular complexity index is 788. The molecule has 0 aliphatic rings. The maximum atomic E-state index is 10.8. The molecule has 3 atom stereocenters. The summed E-state index contributed by atoms with van der Waals surface area (Å²) >= 11 is 0. The van der Waals surface area contributed by atoms with Crippen molar-refractivity contribution >= 4 is 24.7 Å². The summed E-state index contributed by atoms with van der Waals surface area (Å²) < 4.78 is 6.86. The van der Waals surface area contributed by atoms with Gasteiger partial charge in [0.1, 0.15) is 0 Å². The van der Waals surface area contributed by atoms with Crippen molar-refractivity contribution in [2.24, 2.45) is 11.8 Å². The Morgan fingerprint density at radius 2 is 1.47 bits per heavy atom. The van der Waals surface area contributed by atoms with Crippen LogP contribution in [0.1, 0.15) is 34.6 Å². The number of benzene rings is 2. The number of aliphatic hydroxyl groups is 1. The number of rotatable bonds is 9. The molecule has 0 aromatic heterocycles. The zero-order valence-electron chi connectivity index (χ0n) is 18.6. The maximum absolute atomic E-state index is 10.8. The van der Waals surface area contributed by atoms with E-state index in [1.54, 1.807) is 0 Å². The van der Waals surface area contributed by atoms with Crippen LogP contribution in [0.2, 0.25) is 5.04 Å². The number of aliphatic carboxylic acids is 1. The van der Waals surface area contributed by atoms with E-state index in [-0.39, 0.29) is 16.9 Å². The minimum Gasteiger partial charge on any atom is -0.478 e. The molecule has 162 valence electrons. The van der Waals surface area contributed by atoms with Crippen molar-refractivity contribution in [3.05, 3.63) is 72.8 Å². The summed E-state index contributed by atoms with van der Waals surface area (Å²) in [5.41, 5.74) is 0. The van der Waals surface area contributed by atoms with Crippen molar-refractivity contribution in [3.63, 3.8) is 0 Å². The summed E-state index contributed by atoms with van der Waals surface area (Å²) in [6, 6.07) is 20.8. The Labute approximate surface area is 181 Å². The highest BCUT2D eigenvalue weighted by Crippen LogP contribution is 2.37. The zero-order chi connectivity index (χ0) is 22.4. The number of hydrogen-bond donors (Lipinski definition) is 2. The van der Waals surface area contributed by atoms with Gasteiger partial charge in [0, 0.05) is 24.5 Å². The fraction of sp³-hybridized carbons (Fsp3) is 0.400. The molecular formula is C25H34O4Si. The summed E-state index contributed by atoms with van der Waals surface area (Å²) in [6.45, 7) is 10.8. The highest BCUT2D eigenvalue weighted by atomic mass is 28.4. The van der Waals surface area contributed by atoms with E-state index in [2.05, 4.69) is 45.0 Å². The molecule has 0 aliphatic heterocycles. The second kappa shape index (κ2) is 10.2. The van der Waals surface area contributed by atoms with Gasteiger partial charge in [0.05, 0.1) is 6.10 Å². The van der Waals surface area contributed by atoms with Crippen LogP contribution in [0.3, 0.4) is 0 Å². The van der Waals surface area contributed by atoms with Crippen LogP contribution < -0.4 is 10.4 Å². The number of carboxylic acid groups (broad SMARTS) is 1. The third kappa shape index (κ3) is 5.48. The quantitative estimate of drug-likeness (QED) is 0.472. The van der Waals surface area contributed by atoms with Crippen LogP contribution in [-0.4, -0.2) is 37.2 Å². The van der Waals surface area contributed by atoms with Gasteiger partial charge < -0.3 is 14.6 Å². The van der Waals surface area contributed by atoms with Crippen molar-refractivity contribution in [1.82, 2.24) is 0 Å². The van der Waals surface area contributed by atoms with E-state index in [0.29, 0.717) is 6.61 Å². The predicted octanol–water partition coefficient (Wildman–Crippen LogP) is 3.84. The van der Waals surface area contributed by atoms with Gasteiger partial charge in [-0.25, -0.2) is 4.79 Å². The van der Waals surface area contributed by atoms with Crippen LogP contribution in [0.25, 0.3) is 0 Å². The molecule has 0 unspecified atom stereocenters. The maximum Gasteiger partial charge on any atom is 0.327 e. The van der Waals surface area contributed by atoms with Gasteiger partial charge >= 0.3 is 5.97 Å². The standard InChI is InChI=1S/C25H34O4Si/c1-19(16-17-23(26)27)24(28)20(2)18-29-30(25(3,4)5,21-12-8-6-9-13-21)22-14-10-7-11-15-22/h6-17,19-20,24,28H,18H2,1-5H3,(H,26,27)/b17-16-/t19-,20-,24-/m0/s1. The molecule has 0 bridgehead atoms. The SMILES string of the molecule is C[C@@H](/C=C\C(=O)O)[C@H](O)[C@@H](C)CO[Si](c1ccccc1)(c1ccccc1)C(C)(C)C. The molecule has 2 aromatic carbocycles. The molecular weight excluding hydrogens is 392 g/mol. The lowest BCUT2D eigenvalue weighted by Gasteiger charge is -2.44. The van der Waals surface area contributed by atoms with Crippen LogP contribution in [0.15, 0.2) is 72.8 Å². The minimum atomic E-state index is -2.65. The minimum absolute atomic E-state index is 0.130. The first-order valence-electron chi connectivity index (χ1n) is 10.4. The average Bonchev–Trinajstić information content (AvgIpc) is 2.72. The Balaban J connectivity index is 2.38. The Hall–Kier alpha value is -2.21. The van der Waals surface area contributed by atoms with Crippen LogP contribution in [0.4, 0.5) is 0 Å². The normalized spacial score (nSPS) is 15.7. The van der Waals surface area contributed by atoms with Crippen molar-refractivity contribution in [1.29, 1.82) is 0 Å². The first-order valence-corrected chi connectivity index (χ1v) is 12.3. The zero-order valence-corrected chi connectivity index (χ0v) is 19.6. The molecule has 0 saturated heterocycles. The van der Waals surface area contributed by atoms with Crippen molar-refractivity contribution in [2.75, 3.05) is 6.61 Å². The summed E-state index contributed by atoms with van der Waals surface area (Å²) in [5.74, 6) is -1.44. The van der Waals surface area contributed by atoms with E-state index in [9.17, 15) is 9.90 Å². The molecule has 0 spiro atoms. The van der Waals surface area contributed by atoms with Gasteiger partial charge in [0.2, 0.25) is 0 Å². The molecule has 30 heavy (non-hydrogen) atoms. The molecule has 0 heterocycles. The van der Waals surface area contributed by atoms with E-state index >= 15 is 0 Å². The number of carbonyl (C=O) groups is 1. The Morgan fingerprint density at radius 1 is 1.00 bits per heavy atom. The highest BCUT2D eigenvalue weighted by Gasteiger charge is 2.50. The van der Waals surface area contributed by atoms with Gasteiger partial charge in [0.15, 0.2) is 0 Å². The molecule has 2 N–H and O–H groups in total. The Kier molecular flexibility index (Phi) is 8.18.